The van der Waals surface area contributed by atoms with Crippen molar-refractivity contribution in [2.75, 3.05) is 39.6 Å². The summed E-state index contributed by atoms with van der Waals surface area (Å²) in [6.07, 6.45) is 3.26. The molecule has 0 unspecified atom stereocenters. The highest BCUT2D eigenvalue weighted by Gasteiger charge is 1.80. The molecule has 0 aliphatic rings. The van der Waals surface area contributed by atoms with Gasteiger partial charge in [-0.05, 0) is 6.92 Å². The van der Waals surface area contributed by atoms with E-state index in [0.717, 1.165) is 6.61 Å². The number of hydrogen-bond acceptors (Lipinski definition) is 5. The van der Waals surface area contributed by atoms with Crippen molar-refractivity contribution in [3.05, 3.63) is 0 Å². The van der Waals surface area contributed by atoms with Gasteiger partial charge in [0.05, 0.1) is 19.8 Å². The van der Waals surface area contributed by atoms with Crippen LogP contribution in [0.15, 0.2) is 9.98 Å². The highest BCUT2D eigenvalue weighted by molar-refractivity contribution is 6.15. The van der Waals surface area contributed by atoms with Crippen LogP contribution in [-0.4, -0.2) is 52.1 Å². The maximum absolute atomic E-state index is 5.22. The molecular weight excluding hydrogens is 182 g/mol. The fourth-order valence-electron chi connectivity index (χ4n) is 0.674. The second-order valence-electron chi connectivity index (χ2n) is 2.41. The average molecular weight is 201 g/mol. The third-order valence-electron chi connectivity index (χ3n) is 1.27. The molecule has 82 valence electrons. The van der Waals surface area contributed by atoms with Gasteiger partial charge in [0.25, 0.3) is 0 Å². The van der Waals surface area contributed by atoms with Crippen molar-refractivity contribution in [2.24, 2.45) is 15.7 Å². The molecule has 0 fully saturated rings. The van der Waals surface area contributed by atoms with E-state index in [1.165, 1.54) is 0 Å². The topological polar surface area (TPSA) is 69.2 Å². The Bertz CT molecular complexity index is 142. The van der Waals surface area contributed by atoms with E-state index in [1.807, 2.05) is 6.92 Å². The standard InChI is InChI=1S/C9H19N3O2/c1-2-13-8-6-11-4-5-12-9-14-7-3-10/h4-5H,2-3,6-10H2,1H3/b11-4+,12-5+. The number of nitrogens with zero attached hydrogens (tertiary/aromatic N) is 2. The summed E-state index contributed by atoms with van der Waals surface area (Å²) in [4.78, 5) is 7.98. The van der Waals surface area contributed by atoms with Crippen molar-refractivity contribution in [2.45, 2.75) is 6.92 Å². The number of aliphatic imine (C=N–C) groups is 2. The van der Waals surface area contributed by atoms with Crippen molar-refractivity contribution in [3.8, 4) is 0 Å². The zero-order valence-corrected chi connectivity index (χ0v) is 8.69. The third kappa shape index (κ3) is 11.2. The first-order valence-electron chi connectivity index (χ1n) is 4.75. The van der Waals surface area contributed by atoms with Gasteiger partial charge in [-0.2, -0.15) is 0 Å². The molecule has 0 heterocycles. The second-order valence-corrected chi connectivity index (χ2v) is 2.41. The molecule has 5 heteroatoms. The highest BCUT2D eigenvalue weighted by Crippen LogP contribution is 1.75. The van der Waals surface area contributed by atoms with Crippen molar-refractivity contribution < 1.29 is 9.47 Å². The molecule has 0 amide bonds. The van der Waals surface area contributed by atoms with Crippen LogP contribution >= 0.6 is 0 Å². The zero-order chi connectivity index (χ0) is 10.5. The molecule has 14 heavy (non-hydrogen) atoms. The molecule has 0 aliphatic heterocycles. The van der Waals surface area contributed by atoms with Gasteiger partial charge >= 0.3 is 0 Å². The molecular formula is C9H19N3O2. The number of hydrogen-bond donors (Lipinski definition) is 1. The largest absolute Gasteiger partial charge is 0.380 e. The van der Waals surface area contributed by atoms with Crippen molar-refractivity contribution in [3.63, 3.8) is 0 Å². The van der Waals surface area contributed by atoms with Gasteiger partial charge in [-0.15, -0.1) is 0 Å². The number of ether oxygens (including phenoxy) is 2. The predicted octanol–water partition coefficient (Wildman–Crippen LogP) is 0.0973. The van der Waals surface area contributed by atoms with E-state index in [1.54, 1.807) is 12.4 Å². The third-order valence-corrected chi connectivity index (χ3v) is 1.27. The molecule has 5 nitrogen and oxygen atoms in total. The molecule has 0 saturated heterocycles. The molecule has 0 aliphatic carbocycles. The summed E-state index contributed by atoms with van der Waals surface area (Å²) in [6, 6.07) is 0. The average Bonchev–Trinajstić information content (AvgIpc) is 2.21. The molecule has 0 aromatic rings. The Labute approximate surface area is 85.0 Å². The van der Waals surface area contributed by atoms with E-state index >= 15 is 0 Å². The second kappa shape index (κ2) is 12.2. The lowest BCUT2D eigenvalue weighted by atomic mass is 10.7. The number of rotatable bonds is 9. The van der Waals surface area contributed by atoms with E-state index in [-0.39, 0.29) is 0 Å². The van der Waals surface area contributed by atoms with Gasteiger partial charge in [0.1, 0.15) is 6.73 Å². The van der Waals surface area contributed by atoms with Crippen LogP contribution < -0.4 is 5.73 Å². The fourth-order valence-corrected chi connectivity index (χ4v) is 0.674. The first-order chi connectivity index (χ1) is 6.91. The zero-order valence-electron chi connectivity index (χ0n) is 8.69. The Morgan fingerprint density at radius 3 is 2.64 bits per heavy atom. The quantitative estimate of drug-likeness (QED) is 0.425. The van der Waals surface area contributed by atoms with Crippen LogP contribution in [-0.2, 0) is 9.47 Å². The van der Waals surface area contributed by atoms with Crippen molar-refractivity contribution in [1.29, 1.82) is 0 Å². The van der Waals surface area contributed by atoms with Gasteiger partial charge in [-0.1, -0.05) is 0 Å². The first-order valence-corrected chi connectivity index (χ1v) is 4.75. The molecule has 0 spiro atoms. The maximum atomic E-state index is 5.22. The Morgan fingerprint density at radius 1 is 1.14 bits per heavy atom. The molecule has 0 rings (SSSR count). The SMILES string of the molecule is CCOCC/N=C/C=N/COCCN. The van der Waals surface area contributed by atoms with Gasteiger partial charge in [-0.25, -0.2) is 0 Å². The Morgan fingerprint density at radius 2 is 1.93 bits per heavy atom. The molecule has 0 saturated carbocycles. The number of nitrogens with two attached hydrogens (primary N) is 1. The van der Waals surface area contributed by atoms with Crippen LogP contribution in [0.4, 0.5) is 0 Å². The van der Waals surface area contributed by atoms with E-state index in [0.29, 0.717) is 33.0 Å². The Balaban J connectivity index is 3.15. The van der Waals surface area contributed by atoms with E-state index in [4.69, 9.17) is 15.2 Å². The van der Waals surface area contributed by atoms with Gasteiger partial charge in [0.2, 0.25) is 0 Å². The summed E-state index contributed by atoms with van der Waals surface area (Å²) in [6.45, 7) is 5.43. The van der Waals surface area contributed by atoms with E-state index in [2.05, 4.69) is 9.98 Å². The molecule has 0 bridgehead atoms. The van der Waals surface area contributed by atoms with Gasteiger partial charge in [0.15, 0.2) is 0 Å². The van der Waals surface area contributed by atoms with Gasteiger partial charge in [0, 0.05) is 25.6 Å². The molecule has 0 radical (unpaired) electrons. The highest BCUT2D eigenvalue weighted by atomic mass is 16.5. The van der Waals surface area contributed by atoms with Crippen LogP contribution in [0.1, 0.15) is 6.92 Å². The van der Waals surface area contributed by atoms with Crippen molar-refractivity contribution in [1.82, 2.24) is 0 Å². The lowest BCUT2D eigenvalue weighted by Crippen LogP contribution is -2.08. The summed E-state index contributed by atoms with van der Waals surface area (Å²) in [5.41, 5.74) is 5.22. The van der Waals surface area contributed by atoms with Gasteiger partial charge in [-0.3, -0.25) is 9.98 Å². The smallest absolute Gasteiger partial charge is 0.137 e. The molecule has 0 aromatic heterocycles. The van der Waals surface area contributed by atoms with Crippen LogP contribution in [0.2, 0.25) is 0 Å². The monoisotopic (exact) mass is 201 g/mol. The Kier molecular flexibility index (Phi) is 11.5. The van der Waals surface area contributed by atoms with Crippen LogP contribution in [0.25, 0.3) is 0 Å². The molecule has 0 aromatic carbocycles. The lowest BCUT2D eigenvalue weighted by molar-refractivity contribution is 0.150. The minimum atomic E-state index is 0.342. The Hall–Kier alpha value is -0.780. The summed E-state index contributed by atoms with van der Waals surface area (Å²) in [7, 11) is 0. The first kappa shape index (κ1) is 13.2. The maximum Gasteiger partial charge on any atom is 0.137 e. The summed E-state index contributed by atoms with van der Waals surface area (Å²) < 4.78 is 10.1. The fraction of sp³-hybridized carbons (Fsp3) is 0.778. The minimum Gasteiger partial charge on any atom is -0.380 e. The molecule has 2 N–H and O–H groups in total. The summed E-state index contributed by atoms with van der Waals surface area (Å²) in [5.74, 6) is 0. The summed E-state index contributed by atoms with van der Waals surface area (Å²) >= 11 is 0. The van der Waals surface area contributed by atoms with Gasteiger partial charge < -0.3 is 15.2 Å². The van der Waals surface area contributed by atoms with Crippen LogP contribution in [0.5, 0.6) is 0 Å². The van der Waals surface area contributed by atoms with E-state index < -0.39 is 0 Å². The van der Waals surface area contributed by atoms with E-state index in [9.17, 15) is 0 Å². The van der Waals surface area contributed by atoms with Crippen LogP contribution in [0.3, 0.4) is 0 Å². The summed E-state index contributed by atoms with van der Waals surface area (Å²) in [5, 5.41) is 0. The predicted molar refractivity (Wildman–Crippen MR) is 58.2 cm³/mol. The molecule has 0 atom stereocenters. The normalized spacial score (nSPS) is 11.9. The van der Waals surface area contributed by atoms with Crippen LogP contribution in [0, 0.1) is 0 Å². The minimum absolute atomic E-state index is 0.342. The van der Waals surface area contributed by atoms with Crippen molar-refractivity contribution >= 4 is 12.4 Å². The lowest BCUT2D eigenvalue weighted by Gasteiger charge is -1.95.